The van der Waals surface area contributed by atoms with Gasteiger partial charge in [0.1, 0.15) is 6.04 Å². The molecule has 8 nitrogen and oxygen atoms in total. The first-order valence-corrected chi connectivity index (χ1v) is 11.4. The molecule has 1 heterocycles. The van der Waals surface area contributed by atoms with Crippen LogP contribution in [0.5, 0.6) is 0 Å². The minimum atomic E-state index is -0.918. The number of carbonyl (C=O) groups is 3. The van der Waals surface area contributed by atoms with Crippen LogP contribution in [0.25, 0.3) is 0 Å². The fraction of sp³-hybridized carbons (Fsp3) is 0.375. The lowest BCUT2D eigenvalue weighted by Crippen LogP contribution is -2.50. The van der Waals surface area contributed by atoms with E-state index < -0.39 is 16.9 Å². The van der Waals surface area contributed by atoms with Crippen LogP contribution in [-0.4, -0.2) is 39.6 Å². The van der Waals surface area contributed by atoms with Gasteiger partial charge in [-0.2, -0.15) is 0 Å². The third-order valence-corrected chi connectivity index (χ3v) is 6.57. The Hall–Kier alpha value is -3.26. The Morgan fingerprint density at radius 2 is 1.58 bits per heavy atom. The zero-order valence-electron chi connectivity index (χ0n) is 18.0. The van der Waals surface area contributed by atoms with E-state index in [0.717, 1.165) is 43.4 Å². The number of benzene rings is 2. The van der Waals surface area contributed by atoms with Crippen LogP contribution in [0, 0.1) is 10.1 Å². The summed E-state index contributed by atoms with van der Waals surface area (Å²) in [6, 6.07) is 10.7. The van der Waals surface area contributed by atoms with Crippen molar-refractivity contribution in [3.63, 3.8) is 0 Å². The first-order valence-electron chi connectivity index (χ1n) is 11.1. The Kier molecular flexibility index (Phi) is 6.74. The number of carbonyl (C=O) groups excluding carboxylic acids is 3. The lowest BCUT2D eigenvalue weighted by molar-refractivity contribution is -0.384. The molecule has 2 fully saturated rings. The van der Waals surface area contributed by atoms with Gasteiger partial charge in [-0.05, 0) is 49.2 Å². The molecule has 3 amide bonds. The third-order valence-electron chi connectivity index (χ3n) is 6.32. The number of nitro benzene ring substituents is 1. The summed E-state index contributed by atoms with van der Waals surface area (Å²) in [5.41, 5.74) is 0.559. The van der Waals surface area contributed by atoms with Crippen molar-refractivity contribution in [3.8, 4) is 0 Å². The maximum absolute atomic E-state index is 13.6. The Balaban J connectivity index is 1.67. The molecule has 1 unspecified atom stereocenters. The second kappa shape index (κ2) is 9.70. The van der Waals surface area contributed by atoms with Crippen LogP contribution in [0.1, 0.15) is 55.3 Å². The van der Waals surface area contributed by atoms with Gasteiger partial charge in [-0.3, -0.25) is 24.5 Å². The van der Waals surface area contributed by atoms with Crippen LogP contribution in [0.3, 0.4) is 0 Å². The zero-order valence-corrected chi connectivity index (χ0v) is 18.7. The maximum Gasteiger partial charge on any atom is 0.269 e. The molecule has 9 heteroatoms. The molecule has 0 spiro atoms. The number of hydrogen-bond donors (Lipinski definition) is 0. The molecule has 0 radical (unpaired) electrons. The molecule has 1 saturated heterocycles. The molecule has 0 aromatic heterocycles. The van der Waals surface area contributed by atoms with E-state index in [2.05, 4.69) is 0 Å². The largest absolute Gasteiger partial charge is 0.323 e. The number of halogens is 1. The average Bonchev–Trinajstić information content (AvgIpc) is 2.97. The van der Waals surface area contributed by atoms with Crippen LogP contribution >= 0.6 is 11.6 Å². The fourth-order valence-electron chi connectivity index (χ4n) is 4.67. The summed E-state index contributed by atoms with van der Waals surface area (Å²) >= 11 is 5.94. The van der Waals surface area contributed by atoms with Crippen LogP contribution in [0.2, 0.25) is 5.02 Å². The van der Waals surface area contributed by atoms with E-state index >= 15 is 0 Å². The van der Waals surface area contributed by atoms with E-state index in [1.807, 2.05) is 0 Å². The van der Waals surface area contributed by atoms with Crippen LogP contribution in [-0.2, 0) is 9.59 Å². The Bertz CT molecular complexity index is 1060. The highest BCUT2D eigenvalue weighted by Gasteiger charge is 2.46. The van der Waals surface area contributed by atoms with Gasteiger partial charge in [0.05, 0.1) is 17.0 Å². The minimum Gasteiger partial charge on any atom is -0.323 e. The number of non-ortho nitro benzene ring substituents is 1. The highest BCUT2D eigenvalue weighted by molar-refractivity contribution is 6.31. The number of nitrogens with zero attached hydrogens (tertiary/aromatic N) is 3. The van der Waals surface area contributed by atoms with Crippen molar-refractivity contribution in [1.29, 1.82) is 0 Å². The van der Waals surface area contributed by atoms with Crippen molar-refractivity contribution in [2.24, 2.45) is 0 Å². The van der Waals surface area contributed by atoms with Gasteiger partial charge in [0.25, 0.3) is 17.5 Å². The predicted molar refractivity (Wildman–Crippen MR) is 123 cm³/mol. The van der Waals surface area contributed by atoms with Crippen molar-refractivity contribution >= 4 is 40.7 Å². The third kappa shape index (κ3) is 4.75. The summed E-state index contributed by atoms with van der Waals surface area (Å²) < 4.78 is 0. The van der Waals surface area contributed by atoms with Crippen LogP contribution < -0.4 is 4.90 Å². The topological polar surface area (TPSA) is 101 Å². The van der Waals surface area contributed by atoms with E-state index in [-0.39, 0.29) is 35.5 Å². The van der Waals surface area contributed by atoms with E-state index in [9.17, 15) is 24.5 Å². The summed E-state index contributed by atoms with van der Waals surface area (Å²) in [6.07, 6.45) is 5.38. The monoisotopic (exact) mass is 469 g/mol. The molecular formula is C24H24ClN3O5. The predicted octanol–water partition coefficient (Wildman–Crippen LogP) is 4.75. The molecule has 172 valence electrons. The maximum atomic E-state index is 13.6. The molecule has 4 rings (SSSR count). The molecule has 1 aliphatic carbocycles. The molecule has 33 heavy (non-hydrogen) atoms. The summed E-state index contributed by atoms with van der Waals surface area (Å²) in [5.74, 6) is -1.20. The first kappa shape index (κ1) is 22.9. The van der Waals surface area contributed by atoms with E-state index in [4.69, 9.17) is 11.6 Å². The fourth-order valence-corrected chi connectivity index (χ4v) is 4.79. The van der Waals surface area contributed by atoms with Crippen molar-refractivity contribution in [2.45, 2.75) is 57.0 Å². The number of hydrogen-bond acceptors (Lipinski definition) is 5. The lowest BCUT2D eigenvalue weighted by atomic mass is 10.0. The second-order valence-corrected chi connectivity index (χ2v) is 8.86. The second-order valence-electron chi connectivity index (χ2n) is 8.43. The van der Waals surface area contributed by atoms with E-state index in [0.29, 0.717) is 10.7 Å². The van der Waals surface area contributed by atoms with Gasteiger partial charge < -0.3 is 4.90 Å². The van der Waals surface area contributed by atoms with Gasteiger partial charge in [-0.1, -0.05) is 37.3 Å². The first-order chi connectivity index (χ1) is 15.9. The number of amides is 3. The molecule has 1 atom stereocenters. The smallest absolute Gasteiger partial charge is 0.269 e. The molecule has 0 bridgehead atoms. The molecule has 2 aromatic carbocycles. The van der Waals surface area contributed by atoms with Gasteiger partial charge in [0, 0.05) is 28.8 Å². The normalized spacial score (nSPS) is 19.4. The van der Waals surface area contributed by atoms with Crippen molar-refractivity contribution in [2.75, 3.05) is 4.90 Å². The van der Waals surface area contributed by atoms with E-state index in [1.54, 1.807) is 29.2 Å². The SMILES string of the molecule is O=C1CC(N(C(=O)c2ccc([N+](=O)[O-])cc2)C2CCCCCC2)C(=O)N1c1ccc(Cl)cc1. The van der Waals surface area contributed by atoms with Gasteiger partial charge in [-0.25, -0.2) is 4.90 Å². The Labute approximate surface area is 196 Å². The quantitative estimate of drug-likeness (QED) is 0.272. The minimum absolute atomic E-state index is 0.101. The van der Waals surface area contributed by atoms with Gasteiger partial charge in [0.15, 0.2) is 0 Å². The summed E-state index contributed by atoms with van der Waals surface area (Å²) in [4.78, 5) is 53.1. The standard InChI is InChI=1S/C24H24ClN3O5/c25-17-9-13-19(14-10-17)27-22(29)15-21(24(27)31)26(18-5-3-1-2-4-6-18)23(30)16-7-11-20(12-8-16)28(32)33/h7-14,18,21H,1-6,15H2. The van der Waals surface area contributed by atoms with Crippen molar-refractivity contribution < 1.29 is 19.3 Å². The molecule has 1 saturated carbocycles. The summed E-state index contributed by atoms with van der Waals surface area (Å²) in [6.45, 7) is 0. The number of imide groups is 1. The zero-order chi connectivity index (χ0) is 23.5. The van der Waals surface area contributed by atoms with Gasteiger partial charge in [-0.15, -0.1) is 0 Å². The molecule has 1 aliphatic heterocycles. The average molecular weight is 470 g/mol. The van der Waals surface area contributed by atoms with Crippen LogP contribution in [0.4, 0.5) is 11.4 Å². The number of nitro groups is 1. The Morgan fingerprint density at radius 3 is 2.15 bits per heavy atom. The number of anilines is 1. The van der Waals surface area contributed by atoms with E-state index in [1.165, 1.54) is 24.3 Å². The molecule has 0 N–H and O–H groups in total. The number of rotatable bonds is 5. The highest BCUT2D eigenvalue weighted by Crippen LogP contribution is 2.32. The van der Waals surface area contributed by atoms with Crippen molar-refractivity contribution in [1.82, 2.24) is 4.90 Å². The summed E-state index contributed by atoms with van der Waals surface area (Å²) in [5, 5.41) is 11.5. The summed E-state index contributed by atoms with van der Waals surface area (Å²) in [7, 11) is 0. The molecule has 2 aromatic rings. The van der Waals surface area contributed by atoms with Crippen molar-refractivity contribution in [3.05, 3.63) is 69.2 Å². The highest BCUT2D eigenvalue weighted by atomic mass is 35.5. The van der Waals surface area contributed by atoms with Gasteiger partial charge >= 0.3 is 0 Å². The molecular weight excluding hydrogens is 446 g/mol. The lowest BCUT2D eigenvalue weighted by Gasteiger charge is -2.35. The van der Waals surface area contributed by atoms with Gasteiger partial charge in [0.2, 0.25) is 5.91 Å². The molecule has 2 aliphatic rings. The Morgan fingerprint density at radius 1 is 0.970 bits per heavy atom. The van der Waals surface area contributed by atoms with Crippen LogP contribution in [0.15, 0.2) is 48.5 Å².